The Balaban J connectivity index is 2.19. The van der Waals surface area contributed by atoms with Gasteiger partial charge in [0.25, 0.3) is 5.91 Å². The van der Waals surface area contributed by atoms with Crippen molar-refractivity contribution in [3.8, 4) is 5.75 Å². The van der Waals surface area contributed by atoms with E-state index >= 15 is 0 Å². The largest absolute Gasteiger partial charge is 0.495 e. The van der Waals surface area contributed by atoms with Gasteiger partial charge in [0.15, 0.2) is 0 Å². The molecule has 1 amide bonds. The lowest BCUT2D eigenvalue weighted by Crippen LogP contribution is -2.13. The number of hydrogen-bond donors (Lipinski definition) is 1. The van der Waals surface area contributed by atoms with Gasteiger partial charge in [0.05, 0.1) is 17.1 Å². The molecule has 6 heteroatoms. The molecule has 1 aromatic heterocycles. The molecule has 2 rings (SSSR count). The SMILES string of the molecule is COc1ccc(NC(=O)c2nc(C)sc2C)cc1Cl. The van der Waals surface area contributed by atoms with Crippen molar-refractivity contribution in [2.75, 3.05) is 12.4 Å². The van der Waals surface area contributed by atoms with Crippen molar-refractivity contribution in [2.45, 2.75) is 13.8 Å². The maximum absolute atomic E-state index is 12.1. The van der Waals surface area contributed by atoms with Crippen molar-refractivity contribution in [2.24, 2.45) is 0 Å². The number of amides is 1. The van der Waals surface area contributed by atoms with Crippen LogP contribution in [0.3, 0.4) is 0 Å². The summed E-state index contributed by atoms with van der Waals surface area (Å²) in [5, 5.41) is 4.09. The lowest BCUT2D eigenvalue weighted by Gasteiger charge is -2.07. The Labute approximate surface area is 120 Å². The second-order valence-corrected chi connectivity index (χ2v) is 5.76. The number of carbonyl (C=O) groups is 1. The molecule has 0 aliphatic rings. The van der Waals surface area contributed by atoms with Crippen LogP contribution in [0.25, 0.3) is 0 Å². The molecule has 0 aliphatic heterocycles. The summed E-state index contributed by atoms with van der Waals surface area (Å²) in [6.45, 7) is 3.75. The van der Waals surface area contributed by atoms with Gasteiger partial charge >= 0.3 is 0 Å². The number of halogens is 1. The van der Waals surface area contributed by atoms with Crippen LogP contribution in [0.5, 0.6) is 5.75 Å². The summed E-state index contributed by atoms with van der Waals surface area (Å²) >= 11 is 7.50. The Kier molecular flexibility index (Phi) is 4.07. The molecule has 0 aliphatic carbocycles. The summed E-state index contributed by atoms with van der Waals surface area (Å²) in [7, 11) is 1.54. The fourth-order valence-electron chi connectivity index (χ4n) is 1.67. The first kappa shape index (κ1) is 13.8. The van der Waals surface area contributed by atoms with Crippen LogP contribution in [-0.2, 0) is 0 Å². The highest BCUT2D eigenvalue weighted by molar-refractivity contribution is 7.11. The average molecular weight is 297 g/mol. The van der Waals surface area contributed by atoms with E-state index < -0.39 is 0 Å². The number of aryl methyl sites for hydroxylation is 2. The number of rotatable bonds is 3. The van der Waals surface area contributed by atoms with Gasteiger partial charge in [-0.05, 0) is 32.0 Å². The molecule has 1 aromatic carbocycles. The van der Waals surface area contributed by atoms with E-state index in [-0.39, 0.29) is 5.91 Å². The topological polar surface area (TPSA) is 51.2 Å². The van der Waals surface area contributed by atoms with Gasteiger partial charge in [-0.3, -0.25) is 4.79 Å². The van der Waals surface area contributed by atoms with Gasteiger partial charge < -0.3 is 10.1 Å². The van der Waals surface area contributed by atoms with E-state index in [0.717, 1.165) is 9.88 Å². The maximum atomic E-state index is 12.1. The van der Waals surface area contributed by atoms with E-state index in [1.165, 1.54) is 11.3 Å². The standard InChI is InChI=1S/C13H13ClN2O2S/c1-7-12(15-8(2)19-7)13(17)16-9-4-5-11(18-3)10(14)6-9/h4-6H,1-3H3,(H,16,17). The summed E-state index contributed by atoms with van der Waals surface area (Å²) in [5.41, 5.74) is 1.07. The smallest absolute Gasteiger partial charge is 0.275 e. The fourth-order valence-corrected chi connectivity index (χ4v) is 2.75. The lowest BCUT2D eigenvalue weighted by atomic mass is 10.3. The van der Waals surface area contributed by atoms with Gasteiger partial charge in [0.2, 0.25) is 0 Å². The fraction of sp³-hybridized carbons (Fsp3) is 0.231. The van der Waals surface area contributed by atoms with Crippen LogP contribution in [0.2, 0.25) is 5.02 Å². The second-order valence-electron chi connectivity index (χ2n) is 3.94. The van der Waals surface area contributed by atoms with Crippen LogP contribution >= 0.6 is 22.9 Å². The number of benzene rings is 1. The van der Waals surface area contributed by atoms with E-state index in [9.17, 15) is 4.79 Å². The minimum absolute atomic E-state index is 0.233. The molecule has 1 N–H and O–H groups in total. The van der Waals surface area contributed by atoms with E-state index in [2.05, 4.69) is 10.3 Å². The van der Waals surface area contributed by atoms with Gasteiger partial charge in [0, 0.05) is 10.6 Å². The van der Waals surface area contributed by atoms with Crippen LogP contribution < -0.4 is 10.1 Å². The summed E-state index contributed by atoms with van der Waals surface area (Å²) in [4.78, 5) is 17.2. The van der Waals surface area contributed by atoms with Crippen molar-refractivity contribution in [3.05, 3.63) is 38.8 Å². The minimum Gasteiger partial charge on any atom is -0.495 e. The lowest BCUT2D eigenvalue weighted by molar-refractivity contribution is 0.102. The van der Waals surface area contributed by atoms with Crippen LogP contribution in [-0.4, -0.2) is 18.0 Å². The summed E-state index contributed by atoms with van der Waals surface area (Å²) in [6.07, 6.45) is 0. The van der Waals surface area contributed by atoms with Gasteiger partial charge in [-0.25, -0.2) is 4.98 Å². The van der Waals surface area contributed by atoms with E-state index in [0.29, 0.717) is 22.2 Å². The van der Waals surface area contributed by atoms with Crippen molar-refractivity contribution < 1.29 is 9.53 Å². The number of ether oxygens (including phenoxy) is 1. The van der Waals surface area contributed by atoms with Crippen molar-refractivity contribution in [1.29, 1.82) is 0 Å². The highest BCUT2D eigenvalue weighted by atomic mass is 35.5. The zero-order valence-corrected chi connectivity index (χ0v) is 12.4. The molecule has 0 unspecified atom stereocenters. The van der Waals surface area contributed by atoms with Crippen molar-refractivity contribution >= 4 is 34.5 Å². The molecule has 4 nitrogen and oxygen atoms in total. The number of nitrogens with zero attached hydrogens (tertiary/aromatic N) is 1. The summed E-state index contributed by atoms with van der Waals surface area (Å²) < 4.78 is 5.06. The van der Waals surface area contributed by atoms with Crippen LogP contribution in [0, 0.1) is 13.8 Å². The van der Waals surface area contributed by atoms with E-state index in [1.54, 1.807) is 25.3 Å². The number of aromatic nitrogens is 1. The number of carbonyl (C=O) groups excluding carboxylic acids is 1. The van der Waals surface area contributed by atoms with Crippen molar-refractivity contribution in [1.82, 2.24) is 4.98 Å². The number of nitrogens with one attached hydrogen (secondary N) is 1. The predicted octanol–water partition coefficient (Wildman–Crippen LogP) is 3.67. The first-order valence-electron chi connectivity index (χ1n) is 5.60. The Morgan fingerprint density at radius 3 is 2.68 bits per heavy atom. The highest BCUT2D eigenvalue weighted by Crippen LogP contribution is 2.27. The number of anilines is 1. The predicted molar refractivity (Wildman–Crippen MR) is 77.5 cm³/mol. The normalized spacial score (nSPS) is 10.3. The highest BCUT2D eigenvalue weighted by Gasteiger charge is 2.14. The van der Waals surface area contributed by atoms with Crippen LogP contribution in [0.15, 0.2) is 18.2 Å². The van der Waals surface area contributed by atoms with Crippen LogP contribution in [0.1, 0.15) is 20.4 Å². The molecule has 0 bridgehead atoms. The maximum Gasteiger partial charge on any atom is 0.275 e. The Morgan fingerprint density at radius 2 is 2.16 bits per heavy atom. The number of hydrogen-bond acceptors (Lipinski definition) is 4. The minimum atomic E-state index is -0.233. The Hall–Kier alpha value is -1.59. The molecule has 1 heterocycles. The molecule has 100 valence electrons. The van der Waals surface area contributed by atoms with Gasteiger partial charge in [-0.1, -0.05) is 11.6 Å². The monoisotopic (exact) mass is 296 g/mol. The molecular weight excluding hydrogens is 284 g/mol. The third-order valence-corrected chi connectivity index (χ3v) is 3.71. The van der Waals surface area contributed by atoms with E-state index in [4.69, 9.17) is 16.3 Å². The molecule has 2 aromatic rings. The molecule has 0 saturated heterocycles. The van der Waals surface area contributed by atoms with Crippen molar-refractivity contribution in [3.63, 3.8) is 0 Å². The number of thiazole rings is 1. The molecule has 0 fully saturated rings. The van der Waals surface area contributed by atoms with Gasteiger partial charge in [-0.2, -0.15) is 0 Å². The third-order valence-electron chi connectivity index (χ3n) is 2.53. The first-order chi connectivity index (χ1) is 9.01. The molecule has 0 radical (unpaired) electrons. The summed E-state index contributed by atoms with van der Waals surface area (Å²) in [5.74, 6) is 0.337. The van der Waals surface area contributed by atoms with E-state index in [1.807, 2.05) is 13.8 Å². The van der Waals surface area contributed by atoms with Gasteiger partial charge in [0.1, 0.15) is 11.4 Å². The van der Waals surface area contributed by atoms with Gasteiger partial charge in [-0.15, -0.1) is 11.3 Å². The zero-order chi connectivity index (χ0) is 14.0. The molecule has 0 saturated carbocycles. The third kappa shape index (κ3) is 3.05. The Morgan fingerprint density at radius 1 is 1.42 bits per heavy atom. The first-order valence-corrected chi connectivity index (χ1v) is 6.79. The molecule has 19 heavy (non-hydrogen) atoms. The average Bonchev–Trinajstić information content (AvgIpc) is 2.69. The van der Waals surface area contributed by atoms with Crippen LogP contribution in [0.4, 0.5) is 5.69 Å². The Bertz CT molecular complexity index is 625. The summed E-state index contributed by atoms with van der Waals surface area (Å²) in [6, 6.07) is 5.08. The molecular formula is C13H13ClN2O2S. The molecule has 0 atom stereocenters. The zero-order valence-electron chi connectivity index (χ0n) is 10.8. The quantitative estimate of drug-likeness (QED) is 0.940. The second kappa shape index (κ2) is 5.59. The number of methoxy groups -OCH3 is 1. The molecule has 0 spiro atoms.